The number of carboxylic acids is 1. The fourth-order valence-electron chi connectivity index (χ4n) is 1.89. The van der Waals surface area contributed by atoms with Crippen molar-refractivity contribution in [2.75, 3.05) is 0 Å². The highest BCUT2D eigenvalue weighted by atomic mass is 127. The molecule has 0 saturated heterocycles. The van der Waals surface area contributed by atoms with E-state index in [0.717, 1.165) is 3.57 Å². The smallest absolute Gasteiger partial charge is 0.335 e. The number of nitrogens with zero attached hydrogens (tertiary/aromatic N) is 2. The molecule has 6 heteroatoms. The standard InChI is InChI=1S/C15H9IN2O3/c16-10-2-1-3-11(7-10)21-14-12-5-4-9(15(19)20)6-13(12)17-8-18-14/h1-8H,(H,19,20). The number of benzene rings is 2. The van der Waals surface area contributed by atoms with Gasteiger partial charge in [0.1, 0.15) is 12.1 Å². The van der Waals surface area contributed by atoms with Gasteiger partial charge in [0.25, 0.3) is 0 Å². The van der Waals surface area contributed by atoms with Crippen molar-refractivity contribution in [3.8, 4) is 11.6 Å². The number of halogens is 1. The maximum atomic E-state index is 11.0. The molecule has 21 heavy (non-hydrogen) atoms. The first-order valence-electron chi connectivity index (χ1n) is 6.05. The third-order valence-corrected chi connectivity index (χ3v) is 3.53. The summed E-state index contributed by atoms with van der Waals surface area (Å²) in [6, 6.07) is 12.2. The molecule has 0 bridgehead atoms. The average molecular weight is 392 g/mol. The van der Waals surface area contributed by atoms with Gasteiger partial charge in [0.2, 0.25) is 5.88 Å². The van der Waals surface area contributed by atoms with Crippen LogP contribution in [-0.4, -0.2) is 21.0 Å². The molecule has 1 N–H and O–H groups in total. The maximum absolute atomic E-state index is 11.0. The first-order valence-corrected chi connectivity index (χ1v) is 7.13. The molecule has 5 nitrogen and oxygen atoms in total. The highest BCUT2D eigenvalue weighted by molar-refractivity contribution is 14.1. The summed E-state index contributed by atoms with van der Waals surface area (Å²) in [5.41, 5.74) is 0.715. The van der Waals surface area contributed by atoms with Crippen molar-refractivity contribution >= 4 is 39.5 Å². The topological polar surface area (TPSA) is 72.3 Å². The molecule has 0 aliphatic rings. The first kappa shape index (κ1) is 13.7. The molecule has 0 amide bonds. The van der Waals surface area contributed by atoms with Gasteiger partial charge in [-0.25, -0.2) is 14.8 Å². The summed E-state index contributed by atoms with van der Waals surface area (Å²) in [6.07, 6.45) is 1.36. The molecule has 2 aromatic carbocycles. The minimum absolute atomic E-state index is 0.182. The van der Waals surface area contributed by atoms with Crippen LogP contribution in [0.2, 0.25) is 0 Å². The number of rotatable bonds is 3. The lowest BCUT2D eigenvalue weighted by molar-refractivity contribution is 0.0697. The molecule has 0 aliphatic heterocycles. The first-order chi connectivity index (χ1) is 10.1. The van der Waals surface area contributed by atoms with Crippen LogP contribution in [0.1, 0.15) is 10.4 Å². The molecule has 0 atom stereocenters. The molecule has 1 heterocycles. The van der Waals surface area contributed by atoms with Gasteiger partial charge in [-0.15, -0.1) is 0 Å². The highest BCUT2D eigenvalue weighted by Crippen LogP contribution is 2.27. The van der Waals surface area contributed by atoms with Crippen molar-refractivity contribution < 1.29 is 14.6 Å². The second-order valence-electron chi connectivity index (χ2n) is 4.28. The lowest BCUT2D eigenvalue weighted by atomic mass is 10.1. The van der Waals surface area contributed by atoms with Crippen LogP contribution in [0.3, 0.4) is 0 Å². The lowest BCUT2D eigenvalue weighted by Crippen LogP contribution is -1.97. The Morgan fingerprint density at radius 3 is 2.76 bits per heavy atom. The van der Waals surface area contributed by atoms with Crippen LogP contribution in [0.4, 0.5) is 0 Å². The van der Waals surface area contributed by atoms with E-state index in [2.05, 4.69) is 32.6 Å². The van der Waals surface area contributed by atoms with Gasteiger partial charge in [0, 0.05) is 3.57 Å². The summed E-state index contributed by atoms with van der Waals surface area (Å²) in [5, 5.41) is 9.67. The van der Waals surface area contributed by atoms with Crippen molar-refractivity contribution in [1.82, 2.24) is 9.97 Å². The quantitative estimate of drug-likeness (QED) is 0.688. The number of ether oxygens (including phenoxy) is 1. The minimum atomic E-state index is -0.990. The molecule has 0 aliphatic carbocycles. The second kappa shape index (κ2) is 5.65. The molecule has 104 valence electrons. The van der Waals surface area contributed by atoms with Crippen LogP contribution < -0.4 is 4.74 Å². The number of fused-ring (bicyclic) bond motifs is 1. The molecule has 3 rings (SSSR count). The minimum Gasteiger partial charge on any atom is -0.478 e. The van der Waals surface area contributed by atoms with E-state index < -0.39 is 5.97 Å². The van der Waals surface area contributed by atoms with E-state index >= 15 is 0 Å². The summed E-state index contributed by atoms with van der Waals surface area (Å²) >= 11 is 2.20. The Morgan fingerprint density at radius 1 is 1.14 bits per heavy atom. The number of carbonyl (C=O) groups is 1. The monoisotopic (exact) mass is 392 g/mol. The third kappa shape index (κ3) is 2.94. The van der Waals surface area contributed by atoms with Gasteiger partial charge in [-0.3, -0.25) is 0 Å². The van der Waals surface area contributed by atoms with E-state index in [1.54, 1.807) is 6.07 Å². The second-order valence-corrected chi connectivity index (χ2v) is 5.52. The SMILES string of the molecule is O=C(O)c1ccc2c(Oc3cccc(I)c3)ncnc2c1. The Morgan fingerprint density at radius 2 is 2.00 bits per heavy atom. The van der Waals surface area contributed by atoms with E-state index in [1.165, 1.54) is 18.5 Å². The molecule has 0 spiro atoms. The normalized spacial score (nSPS) is 10.5. The molecule has 0 unspecified atom stereocenters. The van der Waals surface area contributed by atoms with E-state index in [4.69, 9.17) is 9.84 Å². The third-order valence-electron chi connectivity index (χ3n) is 2.86. The summed E-state index contributed by atoms with van der Waals surface area (Å²) < 4.78 is 6.82. The number of aromatic carboxylic acids is 1. The van der Waals surface area contributed by atoms with Crippen LogP contribution in [0, 0.1) is 3.57 Å². The summed E-state index contributed by atoms with van der Waals surface area (Å²) in [6.45, 7) is 0. The van der Waals surface area contributed by atoms with Crippen LogP contribution in [0.25, 0.3) is 10.9 Å². The molecule has 1 aromatic heterocycles. The summed E-state index contributed by atoms with van der Waals surface area (Å²) in [7, 11) is 0. The number of hydrogen-bond donors (Lipinski definition) is 1. The Balaban J connectivity index is 2.05. The van der Waals surface area contributed by atoms with Gasteiger partial charge < -0.3 is 9.84 Å². The molecule has 0 fully saturated rings. The largest absolute Gasteiger partial charge is 0.478 e. The summed E-state index contributed by atoms with van der Waals surface area (Å²) in [5.74, 6) is 0.0822. The zero-order chi connectivity index (χ0) is 14.8. The Bertz CT molecular complexity index is 836. The van der Waals surface area contributed by atoms with Gasteiger partial charge in [-0.2, -0.15) is 0 Å². The molecule has 0 saturated carbocycles. The van der Waals surface area contributed by atoms with Gasteiger partial charge >= 0.3 is 5.97 Å². The number of carboxylic acid groups (broad SMARTS) is 1. The fourth-order valence-corrected chi connectivity index (χ4v) is 2.40. The predicted molar refractivity (Wildman–Crippen MR) is 85.7 cm³/mol. The molecular weight excluding hydrogens is 383 g/mol. The van der Waals surface area contributed by atoms with Gasteiger partial charge in [-0.05, 0) is 59.0 Å². The van der Waals surface area contributed by atoms with E-state index in [0.29, 0.717) is 22.5 Å². The predicted octanol–water partition coefficient (Wildman–Crippen LogP) is 3.72. The Labute approximate surface area is 133 Å². The average Bonchev–Trinajstić information content (AvgIpc) is 2.47. The van der Waals surface area contributed by atoms with E-state index in [9.17, 15) is 4.79 Å². The Kier molecular flexibility index (Phi) is 3.70. The van der Waals surface area contributed by atoms with Crippen LogP contribution in [-0.2, 0) is 0 Å². The molecule has 0 radical (unpaired) electrons. The van der Waals surface area contributed by atoms with Crippen LogP contribution in [0.15, 0.2) is 48.8 Å². The number of hydrogen-bond acceptors (Lipinski definition) is 4. The van der Waals surface area contributed by atoms with E-state index in [-0.39, 0.29) is 5.56 Å². The fraction of sp³-hybridized carbons (Fsp3) is 0. The lowest BCUT2D eigenvalue weighted by Gasteiger charge is -2.08. The van der Waals surface area contributed by atoms with Crippen molar-refractivity contribution in [2.24, 2.45) is 0 Å². The van der Waals surface area contributed by atoms with Crippen molar-refractivity contribution in [2.45, 2.75) is 0 Å². The van der Waals surface area contributed by atoms with Crippen LogP contribution >= 0.6 is 22.6 Å². The summed E-state index contributed by atoms with van der Waals surface area (Å²) in [4.78, 5) is 19.2. The Hall–Kier alpha value is -2.22. The van der Waals surface area contributed by atoms with Gasteiger partial charge in [0.05, 0.1) is 16.5 Å². The van der Waals surface area contributed by atoms with Crippen LogP contribution in [0.5, 0.6) is 11.6 Å². The van der Waals surface area contributed by atoms with Crippen molar-refractivity contribution in [3.63, 3.8) is 0 Å². The number of aromatic nitrogens is 2. The molecular formula is C15H9IN2O3. The van der Waals surface area contributed by atoms with Crippen molar-refractivity contribution in [1.29, 1.82) is 0 Å². The zero-order valence-corrected chi connectivity index (χ0v) is 12.8. The van der Waals surface area contributed by atoms with E-state index in [1.807, 2.05) is 24.3 Å². The molecule has 3 aromatic rings. The maximum Gasteiger partial charge on any atom is 0.335 e. The zero-order valence-electron chi connectivity index (χ0n) is 10.7. The van der Waals surface area contributed by atoms with Crippen molar-refractivity contribution in [3.05, 3.63) is 57.9 Å². The van der Waals surface area contributed by atoms with Gasteiger partial charge in [-0.1, -0.05) is 6.07 Å². The highest BCUT2D eigenvalue weighted by Gasteiger charge is 2.09. The van der Waals surface area contributed by atoms with Gasteiger partial charge in [0.15, 0.2) is 0 Å².